The number of hydrogen-bond donors (Lipinski definition) is 0. The van der Waals surface area contributed by atoms with E-state index in [9.17, 15) is 4.79 Å². The van der Waals surface area contributed by atoms with Crippen molar-refractivity contribution in [2.24, 2.45) is 11.3 Å². The summed E-state index contributed by atoms with van der Waals surface area (Å²) in [5, 5.41) is 0. The molecule has 0 spiro atoms. The molecule has 2 atom stereocenters. The predicted octanol–water partition coefficient (Wildman–Crippen LogP) is 4.16. The third-order valence-electron chi connectivity index (χ3n) is 4.40. The first-order valence-corrected chi connectivity index (χ1v) is 7.62. The highest BCUT2D eigenvalue weighted by Gasteiger charge is 2.59. The summed E-state index contributed by atoms with van der Waals surface area (Å²) in [6.45, 7) is 4.19. The Kier molecular flexibility index (Phi) is 4.10. The summed E-state index contributed by atoms with van der Waals surface area (Å²) in [7, 11) is 0. The Labute approximate surface area is 131 Å². The van der Waals surface area contributed by atoms with Gasteiger partial charge in [0.2, 0.25) is 0 Å². The van der Waals surface area contributed by atoms with E-state index in [2.05, 4.69) is 18.7 Å². The molecule has 0 saturated heterocycles. The van der Waals surface area contributed by atoms with Crippen LogP contribution < -0.4 is 0 Å². The molecule has 2 aromatic rings. The lowest BCUT2D eigenvalue weighted by Crippen LogP contribution is -2.23. The maximum absolute atomic E-state index is 12.6. The number of ether oxygens (including phenoxy) is 1. The first-order chi connectivity index (χ1) is 10.7. The van der Waals surface area contributed by atoms with E-state index in [1.54, 1.807) is 0 Å². The highest BCUT2D eigenvalue weighted by Crippen LogP contribution is 2.56. The van der Waals surface area contributed by atoms with Crippen LogP contribution in [-0.4, -0.2) is 5.97 Å². The average Bonchev–Trinajstić information content (AvgIpc) is 3.29. The quantitative estimate of drug-likeness (QED) is 0.590. The van der Waals surface area contributed by atoms with Crippen LogP contribution in [0.5, 0.6) is 0 Å². The van der Waals surface area contributed by atoms with Gasteiger partial charge < -0.3 is 4.74 Å². The number of benzene rings is 2. The number of carbonyl (C=O) groups is 1. The Morgan fingerprint density at radius 3 is 2.23 bits per heavy atom. The van der Waals surface area contributed by atoms with Crippen LogP contribution in [0.4, 0.5) is 0 Å². The summed E-state index contributed by atoms with van der Waals surface area (Å²) in [6, 6.07) is 19.9. The molecule has 2 nitrogen and oxygen atoms in total. The topological polar surface area (TPSA) is 26.3 Å². The molecule has 0 aromatic heterocycles. The first-order valence-electron chi connectivity index (χ1n) is 7.62. The summed E-state index contributed by atoms with van der Waals surface area (Å²) in [5.41, 5.74) is 1.77. The number of rotatable bonds is 6. The zero-order chi connectivity index (χ0) is 15.4. The minimum atomic E-state index is -0.419. The normalized spacial score (nSPS) is 22.8. The fourth-order valence-electron chi connectivity index (χ4n) is 2.98. The average molecular weight is 292 g/mol. The summed E-state index contributed by atoms with van der Waals surface area (Å²) < 4.78 is 5.57. The molecule has 2 heteroatoms. The van der Waals surface area contributed by atoms with Crippen LogP contribution in [0, 0.1) is 11.3 Å². The van der Waals surface area contributed by atoms with Gasteiger partial charge >= 0.3 is 5.97 Å². The Morgan fingerprint density at radius 1 is 1.09 bits per heavy atom. The van der Waals surface area contributed by atoms with Crippen LogP contribution in [0.15, 0.2) is 73.3 Å². The molecular weight excluding hydrogens is 272 g/mol. The summed E-state index contributed by atoms with van der Waals surface area (Å²) in [5.74, 6) is 0.112. The largest absolute Gasteiger partial charge is 0.460 e. The van der Waals surface area contributed by atoms with Gasteiger partial charge in [0.15, 0.2) is 0 Å². The van der Waals surface area contributed by atoms with E-state index in [1.807, 2.05) is 54.6 Å². The second kappa shape index (κ2) is 6.18. The maximum atomic E-state index is 12.6. The highest BCUT2D eigenvalue weighted by atomic mass is 16.5. The number of hydrogen-bond acceptors (Lipinski definition) is 2. The van der Waals surface area contributed by atoms with E-state index in [0.717, 1.165) is 18.4 Å². The second-order valence-electron chi connectivity index (χ2n) is 5.93. The zero-order valence-electron chi connectivity index (χ0n) is 12.6. The zero-order valence-corrected chi connectivity index (χ0v) is 12.6. The van der Waals surface area contributed by atoms with Crippen molar-refractivity contribution in [2.75, 3.05) is 0 Å². The molecule has 112 valence electrons. The van der Waals surface area contributed by atoms with Crippen molar-refractivity contribution in [3.63, 3.8) is 0 Å². The van der Waals surface area contributed by atoms with Crippen LogP contribution in [0.3, 0.4) is 0 Å². The smallest absolute Gasteiger partial charge is 0.313 e. The van der Waals surface area contributed by atoms with Crippen molar-refractivity contribution in [2.45, 2.75) is 19.4 Å². The third-order valence-corrected chi connectivity index (χ3v) is 4.40. The van der Waals surface area contributed by atoms with E-state index < -0.39 is 5.41 Å². The van der Waals surface area contributed by atoms with E-state index in [4.69, 9.17) is 4.74 Å². The van der Waals surface area contributed by atoms with Gasteiger partial charge in [0, 0.05) is 0 Å². The van der Waals surface area contributed by atoms with Gasteiger partial charge in [-0.15, -0.1) is 6.58 Å². The summed E-state index contributed by atoms with van der Waals surface area (Å²) in [4.78, 5) is 12.6. The predicted molar refractivity (Wildman–Crippen MR) is 87.1 cm³/mol. The van der Waals surface area contributed by atoms with Gasteiger partial charge in [-0.1, -0.05) is 66.7 Å². The van der Waals surface area contributed by atoms with Crippen LogP contribution in [0.25, 0.3) is 0 Å². The fourth-order valence-corrected chi connectivity index (χ4v) is 2.98. The fraction of sp³-hybridized carbons (Fsp3) is 0.250. The van der Waals surface area contributed by atoms with Crippen molar-refractivity contribution in [1.82, 2.24) is 0 Å². The van der Waals surface area contributed by atoms with Crippen molar-refractivity contribution in [1.29, 1.82) is 0 Å². The Balaban J connectivity index is 1.68. The van der Waals surface area contributed by atoms with Gasteiger partial charge in [-0.25, -0.2) is 0 Å². The molecule has 1 aliphatic rings. The molecule has 22 heavy (non-hydrogen) atoms. The minimum absolute atomic E-state index is 0.106. The summed E-state index contributed by atoms with van der Waals surface area (Å²) in [6.07, 6.45) is 3.43. The molecule has 2 aromatic carbocycles. The molecule has 1 saturated carbocycles. The molecule has 0 heterocycles. The minimum Gasteiger partial charge on any atom is -0.460 e. The second-order valence-corrected chi connectivity index (χ2v) is 5.93. The number of esters is 1. The first kappa shape index (κ1) is 14.6. The van der Waals surface area contributed by atoms with Crippen LogP contribution in [-0.2, 0) is 22.6 Å². The van der Waals surface area contributed by atoms with Crippen molar-refractivity contribution in [3.8, 4) is 0 Å². The van der Waals surface area contributed by atoms with Gasteiger partial charge in [-0.2, -0.15) is 0 Å². The van der Waals surface area contributed by atoms with Crippen LogP contribution in [0.2, 0.25) is 0 Å². The van der Waals surface area contributed by atoms with Crippen molar-refractivity contribution in [3.05, 3.63) is 84.4 Å². The van der Waals surface area contributed by atoms with E-state index in [0.29, 0.717) is 6.61 Å². The van der Waals surface area contributed by atoms with Crippen molar-refractivity contribution >= 4 is 5.97 Å². The molecule has 0 N–H and O–H groups in total. The molecule has 2 unspecified atom stereocenters. The summed E-state index contributed by atoms with van der Waals surface area (Å²) >= 11 is 0. The molecule has 0 bridgehead atoms. The van der Waals surface area contributed by atoms with Crippen molar-refractivity contribution < 1.29 is 9.53 Å². The Morgan fingerprint density at radius 2 is 1.68 bits per heavy atom. The maximum Gasteiger partial charge on any atom is 0.313 e. The van der Waals surface area contributed by atoms with Gasteiger partial charge in [0.25, 0.3) is 0 Å². The Bertz CT molecular complexity index is 648. The van der Waals surface area contributed by atoms with Gasteiger partial charge in [0.05, 0.1) is 5.41 Å². The highest BCUT2D eigenvalue weighted by molar-refractivity contribution is 5.81. The molecule has 1 aliphatic carbocycles. The third kappa shape index (κ3) is 2.96. The number of carbonyl (C=O) groups excluding carboxylic acids is 1. The number of allylic oxidation sites excluding steroid dienone is 1. The standard InChI is InChI=1S/C20H20O2/c1-2-18-14-20(18,13-16-9-5-3-6-10-16)19(21)22-15-17-11-7-4-8-12-17/h2-12,18H,1,13-15H2. The molecule has 0 aliphatic heterocycles. The molecular formula is C20H20O2. The lowest BCUT2D eigenvalue weighted by atomic mass is 9.94. The van der Waals surface area contributed by atoms with E-state index >= 15 is 0 Å². The lowest BCUT2D eigenvalue weighted by Gasteiger charge is -2.16. The Hall–Kier alpha value is -2.35. The molecule has 1 fully saturated rings. The SMILES string of the molecule is C=CC1CC1(Cc1ccccc1)C(=O)OCc1ccccc1. The van der Waals surface area contributed by atoms with E-state index in [1.165, 1.54) is 5.56 Å². The molecule has 0 amide bonds. The van der Waals surface area contributed by atoms with Gasteiger partial charge in [-0.3, -0.25) is 4.79 Å². The lowest BCUT2D eigenvalue weighted by molar-refractivity contribution is -0.152. The van der Waals surface area contributed by atoms with E-state index in [-0.39, 0.29) is 11.9 Å². The van der Waals surface area contributed by atoms with Crippen LogP contribution in [0.1, 0.15) is 17.5 Å². The van der Waals surface area contributed by atoms with Crippen LogP contribution >= 0.6 is 0 Å². The molecule has 3 rings (SSSR count). The van der Waals surface area contributed by atoms with Gasteiger partial charge in [-0.05, 0) is 29.9 Å². The van der Waals surface area contributed by atoms with Gasteiger partial charge in [0.1, 0.15) is 6.61 Å². The molecule has 0 radical (unpaired) electrons. The monoisotopic (exact) mass is 292 g/mol.